The first-order valence-electron chi connectivity index (χ1n) is 8.50. The predicted octanol–water partition coefficient (Wildman–Crippen LogP) is 2.41. The quantitative estimate of drug-likeness (QED) is 0.861. The van der Waals surface area contributed by atoms with Gasteiger partial charge in [0, 0.05) is 30.0 Å². The van der Waals surface area contributed by atoms with Gasteiger partial charge in [0.05, 0.1) is 23.1 Å². The molecule has 0 bridgehead atoms. The highest BCUT2D eigenvalue weighted by atomic mass is 32.2. The lowest BCUT2D eigenvalue weighted by Gasteiger charge is -2.28. The molecule has 1 fully saturated rings. The minimum absolute atomic E-state index is 0.0536. The van der Waals surface area contributed by atoms with Gasteiger partial charge in [-0.05, 0) is 44.5 Å². The molecular weight excluding hydrogens is 350 g/mol. The van der Waals surface area contributed by atoms with Crippen LogP contribution in [0.1, 0.15) is 24.6 Å². The second kappa shape index (κ2) is 7.30. The number of hydrogen-bond acceptors (Lipinski definition) is 7. The third kappa shape index (κ3) is 4.11. The van der Waals surface area contributed by atoms with E-state index in [0.29, 0.717) is 24.5 Å². The van der Waals surface area contributed by atoms with Crippen LogP contribution in [0.2, 0.25) is 0 Å². The smallest absolute Gasteiger partial charge is 0.229 e. The number of nitriles is 1. The van der Waals surface area contributed by atoms with E-state index in [9.17, 15) is 8.42 Å². The summed E-state index contributed by atoms with van der Waals surface area (Å²) < 4.78 is 23.7. The van der Waals surface area contributed by atoms with E-state index < -0.39 is 9.84 Å². The van der Waals surface area contributed by atoms with Gasteiger partial charge in [0.2, 0.25) is 5.95 Å². The summed E-state index contributed by atoms with van der Waals surface area (Å²) in [5.41, 5.74) is 2.17. The molecule has 0 radical (unpaired) electrons. The number of anilines is 3. The number of nitrogens with one attached hydrogen (secondary N) is 1. The number of aromatic nitrogens is 2. The van der Waals surface area contributed by atoms with Crippen molar-refractivity contribution < 1.29 is 8.42 Å². The molecule has 8 heteroatoms. The number of sulfone groups is 1. The molecule has 0 aliphatic carbocycles. The molecule has 3 rings (SSSR count). The van der Waals surface area contributed by atoms with Gasteiger partial charge >= 0.3 is 0 Å². The first kappa shape index (κ1) is 18.1. The van der Waals surface area contributed by atoms with Gasteiger partial charge in [-0.25, -0.2) is 13.4 Å². The normalized spacial score (nSPS) is 18.3. The summed E-state index contributed by atoms with van der Waals surface area (Å²) in [6.07, 6.45) is 0.623. The zero-order valence-electron chi connectivity index (χ0n) is 14.8. The van der Waals surface area contributed by atoms with E-state index in [1.807, 2.05) is 24.8 Å². The second-order valence-electron chi connectivity index (χ2n) is 6.35. The van der Waals surface area contributed by atoms with E-state index in [-0.39, 0.29) is 17.5 Å². The van der Waals surface area contributed by atoms with Crippen LogP contribution in [0.5, 0.6) is 0 Å². The Labute approximate surface area is 153 Å². The molecule has 0 saturated carbocycles. The molecule has 1 unspecified atom stereocenters. The molecular formula is C18H21N5O2S. The molecule has 1 aromatic carbocycles. The van der Waals surface area contributed by atoms with Gasteiger partial charge in [-0.2, -0.15) is 10.2 Å². The van der Waals surface area contributed by atoms with Crippen molar-refractivity contribution in [2.75, 3.05) is 28.3 Å². The molecule has 0 amide bonds. The Morgan fingerprint density at radius 1 is 1.31 bits per heavy atom. The molecule has 7 nitrogen and oxygen atoms in total. The number of benzene rings is 1. The van der Waals surface area contributed by atoms with Crippen molar-refractivity contribution in [3.05, 3.63) is 41.6 Å². The average Bonchev–Trinajstić information content (AvgIpc) is 2.95. The van der Waals surface area contributed by atoms with Crippen LogP contribution in [0.4, 0.5) is 17.5 Å². The summed E-state index contributed by atoms with van der Waals surface area (Å²) in [6, 6.07) is 10.9. The SMILES string of the molecule is CCN(c1cc(C)nc(Nc2ccc(C#N)cc2)n1)C1CCS(=O)(=O)C1. The summed E-state index contributed by atoms with van der Waals surface area (Å²) in [5.74, 6) is 1.57. The summed E-state index contributed by atoms with van der Waals surface area (Å²) in [5, 5.41) is 12.0. The molecule has 136 valence electrons. The molecule has 2 aromatic rings. The summed E-state index contributed by atoms with van der Waals surface area (Å²) in [4.78, 5) is 11.0. The van der Waals surface area contributed by atoms with Crippen LogP contribution in [0, 0.1) is 18.3 Å². The Kier molecular flexibility index (Phi) is 5.09. The Morgan fingerprint density at radius 3 is 2.62 bits per heavy atom. The average molecular weight is 371 g/mol. The highest BCUT2D eigenvalue weighted by Crippen LogP contribution is 2.25. The number of aryl methyl sites for hydroxylation is 1. The van der Waals surface area contributed by atoms with Gasteiger partial charge in [0.25, 0.3) is 0 Å². The monoisotopic (exact) mass is 371 g/mol. The molecule has 1 aromatic heterocycles. The molecule has 0 spiro atoms. The van der Waals surface area contributed by atoms with Crippen LogP contribution in [0.25, 0.3) is 0 Å². The minimum atomic E-state index is -2.96. The Morgan fingerprint density at radius 2 is 2.04 bits per heavy atom. The summed E-state index contributed by atoms with van der Waals surface area (Å²) >= 11 is 0. The first-order valence-corrected chi connectivity index (χ1v) is 10.3. The molecule has 1 aliphatic rings. The highest BCUT2D eigenvalue weighted by Gasteiger charge is 2.32. The van der Waals surface area contributed by atoms with Crippen molar-refractivity contribution in [2.24, 2.45) is 0 Å². The standard InChI is InChI=1S/C18H21N5O2S/c1-3-23(16-8-9-26(24,25)12-16)17-10-13(2)20-18(22-17)21-15-6-4-14(11-19)5-7-15/h4-7,10,16H,3,8-9,12H2,1-2H3,(H,20,21,22). The van der Waals surface area contributed by atoms with Crippen molar-refractivity contribution in [3.63, 3.8) is 0 Å². The van der Waals surface area contributed by atoms with Gasteiger partial charge < -0.3 is 10.2 Å². The topological polar surface area (TPSA) is 99.0 Å². The maximum Gasteiger partial charge on any atom is 0.229 e. The van der Waals surface area contributed by atoms with Crippen LogP contribution in [0.15, 0.2) is 30.3 Å². The number of hydrogen-bond donors (Lipinski definition) is 1. The third-order valence-corrected chi connectivity index (χ3v) is 6.15. The lowest BCUT2D eigenvalue weighted by molar-refractivity contribution is 0.599. The molecule has 1 N–H and O–H groups in total. The summed E-state index contributed by atoms with van der Waals surface area (Å²) in [6.45, 7) is 4.55. The fourth-order valence-corrected chi connectivity index (χ4v) is 4.87. The first-order chi connectivity index (χ1) is 12.4. The van der Waals surface area contributed by atoms with E-state index in [2.05, 4.69) is 21.4 Å². The van der Waals surface area contributed by atoms with Crippen molar-refractivity contribution >= 4 is 27.3 Å². The van der Waals surface area contributed by atoms with E-state index >= 15 is 0 Å². The van der Waals surface area contributed by atoms with Crippen LogP contribution >= 0.6 is 0 Å². The summed E-state index contributed by atoms with van der Waals surface area (Å²) in [7, 11) is -2.96. The lowest BCUT2D eigenvalue weighted by Crippen LogP contribution is -2.36. The predicted molar refractivity (Wildman–Crippen MR) is 101 cm³/mol. The van der Waals surface area contributed by atoms with Crippen LogP contribution < -0.4 is 10.2 Å². The maximum atomic E-state index is 11.8. The van der Waals surface area contributed by atoms with Gasteiger partial charge in [-0.15, -0.1) is 0 Å². The Bertz CT molecular complexity index is 935. The second-order valence-corrected chi connectivity index (χ2v) is 8.58. The van der Waals surface area contributed by atoms with E-state index in [1.54, 1.807) is 24.3 Å². The van der Waals surface area contributed by atoms with Gasteiger partial charge in [-0.3, -0.25) is 0 Å². The fraction of sp³-hybridized carbons (Fsp3) is 0.389. The van der Waals surface area contributed by atoms with Crippen molar-refractivity contribution in [1.82, 2.24) is 9.97 Å². The van der Waals surface area contributed by atoms with Crippen molar-refractivity contribution in [1.29, 1.82) is 5.26 Å². The molecule has 2 heterocycles. The van der Waals surface area contributed by atoms with Crippen LogP contribution in [0.3, 0.4) is 0 Å². The third-order valence-electron chi connectivity index (χ3n) is 4.39. The van der Waals surface area contributed by atoms with E-state index in [0.717, 1.165) is 17.2 Å². The molecule has 26 heavy (non-hydrogen) atoms. The van der Waals surface area contributed by atoms with Gasteiger partial charge in [-0.1, -0.05) is 0 Å². The maximum absolute atomic E-state index is 11.8. The zero-order valence-corrected chi connectivity index (χ0v) is 15.6. The lowest BCUT2D eigenvalue weighted by atomic mass is 10.2. The van der Waals surface area contributed by atoms with E-state index in [1.165, 1.54) is 0 Å². The molecule has 1 saturated heterocycles. The van der Waals surface area contributed by atoms with Crippen molar-refractivity contribution in [3.8, 4) is 6.07 Å². The highest BCUT2D eigenvalue weighted by molar-refractivity contribution is 7.91. The van der Waals surface area contributed by atoms with Gasteiger partial charge in [0.1, 0.15) is 5.82 Å². The largest absolute Gasteiger partial charge is 0.353 e. The van der Waals surface area contributed by atoms with Gasteiger partial charge in [0.15, 0.2) is 9.84 Å². The number of nitrogens with zero attached hydrogens (tertiary/aromatic N) is 4. The van der Waals surface area contributed by atoms with E-state index in [4.69, 9.17) is 5.26 Å². The molecule has 1 aliphatic heterocycles. The Hall–Kier alpha value is -2.66. The molecule has 1 atom stereocenters. The minimum Gasteiger partial charge on any atom is -0.353 e. The Balaban J connectivity index is 1.85. The van der Waals surface area contributed by atoms with Crippen molar-refractivity contribution in [2.45, 2.75) is 26.3 Å². The van der Waals surface area contributed by atoms with Crippen LogP contribution in [-0.2, 0) is 9.84 Å². The fourth-order valence-electron chi connectivity index (χ4n) is 3.14. The van der Waals surface area contributed by atoms with Crippen LogP contribution in [-0.4, -0.2) is 42.5 Å². The number of rotatable bonds is 5. The zero-order chi connectivity index (χ0) is 18.7.